The highest BCUT2D eigenvalue weighted by molar-refractivity contribution is 6.35. The number of hydrogen-bond donors (Lipinski definition) is 3. The van der Waals surface area contributed by atoms with Crippen LogP contribution in [0.1, 0.15) is 18.1 Å². The van der Waals surface area contributed by atoms with E-state index in [4.69, 9.17) is 18.9 Å². The van der Waals surface area contributed by atoms with Crippen molar-refractivity contribution >= 4 is 29.6 Å². The Hall–Kier alpha value is -5.06. The van der Waals surface area contributed by atoms with Crippen LogP contribution in [0.3, 0.4) is 0 Å². The van der Waals surface area contributed by atoms with E-state index in [-0.39, 0.29) is 25.9 Å². The molecule has 1 heterocycles. The number of nitrogens with zero attached hydrogens (tertiary/aromatic N) is 1. The minimum atomic E-state index is -0.920. The second-order valence-corrected chi connectivity index (χ2v) is 7.91. The van der Waals surface area contributed by atoms with Crippen LogP contribution < -0.4 is 35.0 Å². The maximum atomic E-state index is 12.2. The van der Waals surface area contributed by atoms with Crippen molar-refractivity contribution in [2.24, 2.45) is 5.10 Å². The summed E-state index contributed by atoms with van der Waals surface area (Å²) in [5, 5.41) is 9.10. The number of carbonyl (C=O) groups excluding carboxylic acids is 3. The van der Waals surface area contributed by atoms with Gasteiger partial charge in [-0.05, 0) is 60.5 Å². The average Bonchev–Trinajstić information content (AvgIpc) is 3.40. The van der Waals surface area contributed by atoms with Crippen molar-refractivity contribution in [3.8, 4) is 23.0 Å². The Bertz CT molecular complexity index is 1330. The molecule has 38 heavy (non-hydrogen) atoms. The maximum absolute atomic E-state index is 12.2. The van der Waals surface area contributed by atoms with Crippen molar-refractivity contribution in [3.05, 3.63) is 77.9 Å². The average molecular weight is 519 g/mol. The Labute approximate surface area is 218 Å². The Morgan fingerprint density at radius 1 is 0.921 bits per heavy atom. The lowest BCUT2D eigenvalue weighted by atomic mass is 10.2. The second-order valence-electron chi connectivity index (χ2n) is 7.91. The van der Waals surface area contributed by atoms with Gasteiger partial charge in [-0.3, -0.25) is 14.4 Å². The van der Waals surface area contributed by atoms with Gasteiger partial charge in [-0.25, -0.2) is 5.43 Å². The number of rotatable bonds is 10. The SMILES string of the molecule is CCOc1cc(/C=N\NC(=O)C(=O)NCc2ccc3c(c2)OCO3)ccc1OCC(=O)Nc1ccccc1. The standard InChI is InChI=1S/C27H26N4O7/c1-2-35-23-13-19(9-10-21(23)36-16-25(32)30-20-6-4-3-5-7-20)15-29-31-27(34)26(33)28-14-18-8-11-22-24(12-18)38-17-37-22/h3-13,15H,2,14,16-17H2,1H3,(H,28,33)(H,30,32)(H,31,34)/b29-15-. The van der Waals surface area contributed by atoms with E-state index in [1.807, 2.05) is 25.1 Å². The quantitative estimate of drug-likeness (QED) is 0.213. The molecule has 0 bridgehead atoms. The van der Waals surface area contributed by atoms with E-state index in [1.54, 1.807) is 48.5 Å². The Morgan fingerprint density at radius 3 is 2.55 bits per heavy atom. The summed E-state index contributed by atoms with van der Waals surface area (Å²) in [6.07, 6.45) is 1.36. The van der Waals surface area contributed by atoms with Crippen LogP contribution in [-0.4, -0.2) is 43.9 Å². The molecule has 1 aliphatic rings. The van der Waals surface area contributed by atoms with Crippen LogP contribution in [0.25, 0.3) is 0 Å². The van der Waals surface area contributed by atoms with Gasteiger partial charge in [-0.15, -0.1) is 0 Å². The molecule has 0 spiro atoms. The Kier molecular flexibility index (Phi) is 8.74. The van der Waals surface area contributed by atoms with Crippen LogP contribution in [0.2, 0.25) is 0 Å². The first-order chi connectivity index (χ1) is 18.5. The van der Waals surface area contributed by atoms with Crippen LogP contribution in [0.4, 0.5) is 5.69 Å². The van der Waals surface area contributed by atoms with Gasteiger partial charge in [-0.1, -0.05) is 24.3 Å². The molecule has 0 fully saturated rings. The van der Waals surface area contributed by atoms with Gasteiger partial charge < -0.3 is 29.6 Å². The monoisotopic (exact) mass is 518 g/mol. The first-order valence-electron chi connectivity index (χ1n) is 11.8. The van der Waals surface area contributed by atoms with Crippen molar-refractivity contribution in [1.29, 1.82) is 0 Å². The van der Waals surface area contributed by atoms with Crippen molar-refractivity contribution in [2.45, 2.75) is 13.5 Å². The smallest absolute Gasteiger partial charge is 0.329 e. The van der Waals surface area contributed by atoms with E-state index in [2.05, 4.69) is 21.2 Å². The highest BCUT2D eigenvalue weighted by Gasteiger charge is 2.16. The molecule has 0 aromatic heterocycles. The zero-order valence-electron chi connectivity index (χ0n) is 20.6. The fraction of sp³-hybridized carbons (Fsp3) is 0.185. The number of para-hydroxylation sites is 1. The topological polar surface area (TPSA) is 137 Å². The molecule has 0 aliphatic carbocycles. The molecule has 3 aromatic rings. The third-order valence-corrected chi connectivity index (χ3v) is 5.16. The van der Waals surface area contributed by atoms with Gasteiger partial charge in [0, 0.05) is 12.2 Å². The fourth-order valence-corrected chi connectivity index (χ4v) is 3.38. The molecule has 0 atom stereocenters. The van der Waals surface area contributed by atoms with Gasteiger partial charge >= 0.3 is 11.8 Å². The van der Waals surface area contributed by atoms with Crippen molar-refractivity contribution in [3.63, 3.8) is 0 Å². The molecule has 196 valence electrons. The number of carbonyl (C=O) groups is 3. The van der Waals surface area contributed by atoms with E-state index in [9.17, 15) is 14.4 Å². The number of hydrazone groups is 1. The normalized spacial score (nSPS) is 11.6. The molecular weight excluding hydrogens is 492 g/mol. The lowest BCUT2D eigenvalue weighted by Gasteiger charge is -2.12. The summed E-state index contributed by atoms with van der Waals surface area (Å²) in [4.78, 5) is 36.4. The van der Waals surface area contributed by atoms with Gasteiger partial charge in [0.05, 0.1) is 12.8 Å². The fourth-order valence-electron chi connectivity index (χ4n) is 3.38. The van der Waals surface area contributed by atoms with Crippen molar-refractivity contribution in [1.82, 2.24) is 10.7 Å². The van der Waals surface area contributed by atoms with Crippen LogP contribution in [0.15, 0.2) is 71.8 Å². The minimum Gasteiger partial charge on any atom is -0.490 e. The third kappa shape index (κ3) is 7.23. The summed E-state index contributed by atoms with van der Waals surface area (Å²) in [7, 11) is 0. The lowest BCUT2D eigenvalue weighted by molar-refractivity contribution is -0.139. The molecule has 3 aromatic carbocycles. The molecule has 3 amide bonds. The third-order valence-electron chi connectivity index (χ3n) is 5.16. The first-order valence-corrected chi connectivity index (χ1v) is 11.8. The number of benzene rings is 3. The van der Waals surface area contributed by atoms with Crippen molar-refractivity contribution < 1.29 is 33.3 Å². The number of nitrogens with one attached hydrogen (secondary N) is 3. The van der Waals surface area contributed by atoms with E-state index in [1.165, 1.54) is 6.21 Å². The molecule has 0 saturated carbocycles. The number of ether oxygens (including phenoxy) is 4. The Morgan fingerprint density at radius 2 is 1.74 bits per heavy atom. The van der Waals surface area contributed by atoms with E-state index >= 15 is 0 Å². The molecule has 0 radical (unpaired) electrons. The van der Waals surface area contributed by atoms with E-state index in [0.717, 1.165) is 5.56 Å². The maximum Gasteiger partial charge on any atom is 0.329 e. The van der Waals surface area contributed by atoms with Gasteiger partial charge in [0.15, 0.2) is 29.6 Å². The highest BCUT2D eigenvalue weighted by Crippen LogP contribution is 2.32. The van der Waals surface area contributed by atoms with Crippen LogP contribution >= 0.6 is 0 Å². The molecule has 0 unspecified atom stereocenters. The van der Waals surface area contributed by atoms with Crippen LogP contribution in [0, 0.1) is 0 Å². The molecule has 11 heteroatoms. The van der Waals surface area contributed by atoms with Gasteiger partial charge in [-0.2, -0.15) is 5.10 Å². The number of amides is 3. The van der Waals surface area contributed by atoms with Gasteiger partial charge in [0.2, 0.25) is 6.79 Å². The van der Waals surface area contributed by atoms with Crippen molar-refractivity contribution in [2.75, 3.05) is 25.3 Å². The summed E-state index contributed by atoms with van der Waals surface area (Å²) in [5.41, 5.74) is 4.19. The molecule has 4 rings (SSSR count). The van der Waals surface area contributed by atoms with Gasteiger partial charge in [0.1, 0.15) is 0 Å². The number of fused-ring (bicyclic) bond motifs is 1. The molecule has 0 saturated heterocycles. The largest absolute Gasteiger partial charge is 0.490 e. The lowest BCUT2D eigenvalue weighted by Crippen LogP contribution is -2.37. The Balaban J connectivity index is 1.26. The minimum absolute atomic E-state index is 0.134. The van der Waals surface area contributed by atoms with E-state index < -0.39 is 11.8 Å². The summed E-state index contributed by atoms with van der Waals surface area (Å²) in [6, 6.07) is 19.2. The summed E-state index contributed by atoms with van der Waals surface area (Å²) in [5.74, 6) is -0.0830. The van der Waals surface area contributed by atoms with Gasteiger partial charge in [0.25, 0.3) is 5.91 Å². The molecule has 3 N–H and O–H groups in total. The molecule has 11 nitrogen and oxygen atoms in total. The summed E-state index contributed by atoms with van der Waals surface area (Å²) < 4.78 is 21.8. The second kappa shape index (κ2) is 12.8. The molecule has 1 aliphatic heterocycles. The zero-order valence-corrected chi connectivity index (χ0v) is 20.6. The van der Waals surface area contributed by atoms with E-state index in [0.29, 0.717) is 40.9 Å². The van der Waals surface area contributed by atoms with Crippen LogP contribution in [0.5, 0.6) is 23.0 Å². The van der Waals surface area contributed by atoms with Crippen LogP contribution in [-0.2, 0) is 20.9 Å². The zero-order chi connectivity index (χ0) is 26.7. The summed E-state index contributed by atoms with van der Waals surface area (Å²) >= 11 is 0. The predicted octanol–water partition coefficient (Wildman–Crippen LogP) is 2.60. The summed E-state index contributed by atoms with van der Waals surface area (Å²) in [6.45, 7) is 2.26. The highest BCUT2D eigenvalue weighted by atomic mass is 16.7. The first kappa shape index (κ1) is 26.0. The number of anilines is 1. The number of hydrogen-bond acceptors (Lipinski definition) is 8. The predicted molar refractivity (Wildman–Crippen MR) is 138 cm³/mol. The molecular formula is C27H26N4O7.